The molecule has 0 atom stereocenters. The quantitative estimate of drug-likeness (QED) is 0.560. The summed E-state index contributed by atoms with van der Waals surface area (Å²) < 4.78 is 6.53. The average molecular weight is 419 g/mol. The standard InChI is InChI=1S/C22H21N5O4/c1-31-22(30)18-14-26(11-12-28)21(29)20(18)24-16-7-9-17(10-8-16)27-19(13-23-25-27)15-5-3-2-4-6-15/h2-10,13,24,28H,11-12,14H2,1H3. The summed E-state index contributed by atoms with van der Waals surface area (Å²) in [5.74, 6) is -0.941. The number of anilines is 1. The summed E-state index contributed by atoms with van der Waals surface area (Å²) in [5.41, 5.74) is 3.64. The van der Waals surface area contributed by atoms with Crippen LogP contribution in [0, 0.1) is 0 Å². The number of ether oxygens (including phenoxy) is 1. The second kappa shape index (κ2) is 8.80. The van der Waals surface area contributed by atoms with Crippen LogP contribution >= 0.6 is 0 Å². The lowest BCUT2D eigenvalue weighted by Gasteiger charge is -2.15. The first kappa shape index (κ1) is 20.3. The van der Waals surface area contributed by atoms with E-state index in [1.54, 1.807) is 23.0 Å². The largest absolute Gasteiger partial charge is 0.466 e. The molecule has 9 heteroatoms. The van der Waals surface area contributed by atoms with Gasteiger partial charge in [0, 0.05) is 17.8 Å². The summed E-state index contributed by atoms with van der Waals surface area (Å²) in [6.45, 7) is 0.0354. The Hall–Kier alpha value is -3.98. The van der Waals surface area contributed by atoms with Gasteiger partial charge in [-0.3, -0.25) is 4.79 Å². The third-order valence-corrected chi connectivity index (χ3v) is 4.95. The molecule has 4 rings (SSSR count). The van der Waals surface area contributed by atoms with E-state index in [0.29, 0.717) is 5.69 Å². The molecular formula is C22H21N5O4. The van der Waals surface area contributed by atoms with Gasteiger partial charge >= 0.3 is 5.97 Å². The lowest BCUT2D eigenvalue weighted by molar-refractivity contribution is -0.136. The molecule has 0 unspecified atom stereocenters. The highest BCUT2D eigenvalue weighted by atomic mass is 16.5. The Morgan fingerprint density at radius 2 is 1.90 bits per heavy atom. The number of aliphatic hydroxyl groups is 1. The van der Waals surface area contributed by atoms with E-state index < -0.39 is 5.97 Å². The van der Waals surface area contributed by atoms with Gasteiger partial charge in [0.2, 0.25) is 0 Å². The van der Waals surface area contributed by atoms with E-state index >= 15 is 0 Å². The van der Waals surface area contributed by atoms with Crippen molar-refractivity contribution in [2.75, 3.05) is 32.1 Å². The number of nitrogens with one attached hydrogen (secondary N) is 1. The molecule has 3 aromatic rings. The topological polar surface area (TPSA) is 110 Å². The molecule has 0 aliphatic carbocycles. The molecule has 2 aromatic carbocycles. The monoisotopic (exact) mass is 419 g/mol. The number of benzene rings is 2. The van der Waals surface area contributed by atoms with Gasteiger partial charge in [-0.15, -0.1) is 5.10 Å². The van der Waals surface area contributed by atoms with Gasteiger partial charge in [-0.25, -0.2) is 9.48 Å². The molecule has 2 heterocycles. The van der Waals surface area contributed by atoms with E-state index in [0.717, 1.165) is 16.9 Å². The number of nitrogens with zero attached hydrogens (tertiary/aromatic N) is 4. The zero-order valence-electron chi connectivity index (χ0n) is 16.9. The van der Waals surface area contributed by atoms with Crippen LogP contribution in [0.5, 0.6) is 0 Å². The van der Waals surface area contributed by atoms with Gasteiger partial charge in [0.25, 0.3) is 5.91 Å². The molecule has 9 nitrogen and oxygen atoms in total. The molecule has 2 N–H and O–H groups in total. The highest BCUT2D eigenvalue weighted by Gasteiger charge is 2.34. The smallest absolute Gasteiger partial charge is 0.337 e. The van der Waals surface area contributed by atoms with E-state index in [1.807, 2.05) is 42.5 Å². The van der Waals surface area contributed by atoms with Gasteiger partial charge in [-0.05, 0) is 24.3 Å². The van der Waals surface area contributed by atoms with Crippen LogP contribution in [0.25, 0.3) is 16.9 Å². The molecule has 0 radical (unpaired) electrons. The zero-order valence-corrected chi connectivity index (χ0v) is 16.9. The lowest BCUT2D eigenvalue weighted by Crippen LogP contribution is -2.31. The van der Waals surface area contributed by atoms with Crippen molar-refractivity contribution in [2.24, 2.45) is 0 Å². The number of carbonyl (C=O) groups excluding carboxylic acids is 2. The van der Waals surface area contributed by atoms with Crippen LogP contribution in [0.4, 0.5) is 5.69 Å². The minimum absolute atomic E-state index is 0.0892. The molecule has 1 aliphatic rings. The fourth-order valence-corrected chi connectivity index (χ4v) is 3.41. The number of β-amino-alcohol motifs (C(OH)–C–C–N with tert-alkyl or cyclic N) is 1. The van der Waals surface area contributed by atoms with E-state index in [1.165, 1.54) is 12.0 Å². The fraction of sp³-hybridized carbons (Fsp3) is 0.182. The van der Waals surface area contributed by atoms with Gasteiger partial charge in [0.1, 0.15) is 5.70 Å². The van der Waals surface area contributed by atoms with Crippen molar-refractivity contribution in [3.05, 3.63) is 72.1 Å². The Balaban J connectivity index is 1.59. The van der Waals surface area contributed by atoms with Gasteiger partial charge in [-0.1, -0.05) is 35.5 Å². The maximum Gasteiger partial charge on any atom is 0.337 e. The first-order valence-corrected chi connectivity index (χ1v) is 9.67. The van der Waals surface area contributed by atoms with E-state index in [4.69, 9.17) is 9.84 Å². The molecule has 1 aliphatic heterocycles. The second-order valence-corrected chi connectivity index (χ2v) is 6.86. The molecule has 0 saturated heterocycles. The SMILES string of the molecule is COC(=O)C1=C(Nc2ccc(-n3nncc3-c3ccccc3)cc2)C(=O)N(CCO)C1. The van der Waals surface area contributed by atoms with Crippen LogP contribution in [0.3, 0.4) is 0 Å². The number of methoxy groups -OCH3 is 1. The van der Waals surface area contributed by atoms with Crippen molar-refractivity contribution in [1.82, 2.24) is 19.9 Å². The van der Waals surface area contributed by atoms with Gasteiger partial charge in [-0.2, -0.15) is 0 Å². The van der Waals surface area contributed by atoms with E-state index in [2.05, 4.69) is 15.6 Å². The van der Waals surface area contributed by atoms with Crippen molar-refractivity contribution in [3.63, 3.8) is 0 Å². The molecule has 158 valence electrons. The van der Waals surface area contributed by atoms with Crippen LogP contribution in [0.15, 0.2) is 72.1 Å². The van der Waals surface area contributed by atoms with Crippen molar-refractivity contribution in [3.8, 4) is 16.9 Å². The Labute approximate surface area is 178 Å². The maximum atomic E-state index is 12.7. The number of amides is 1. The highest BCUT2D eigenvalue weighted by Crippen LogP contribution is 2.25. The molecule has 0 fully saturated rings. The van der Waals surface area contributed by atoms with Gasteiger partial charge < -0.3 is 20.1 Å². The lowest BCUT2D eigenvalue weighted by atomic mass is 10.1. The molecular weight excluding hydrogens is 398 g/mol. The molecule has 31 heavy (non-hydrogen) atoms. The maximum absolute atomic E-state index is 12.7. The van der Waals surface area contributed by atoms with Crippen molar-refractivity contribution < 1.29 is 19.4 Å². The third kappa shape index (κ3) is 4.03. The predicted molar refractivity (Wildman–Crippen MR) is 113 cm³/mol. The Bertz CT molecular complexity index is 1120. The molecule has 1 amide bonds. The summed E-state index contributed by atoms with van der Waals surface area (Å²) in [7, 11) is 1.27. The van der Waals surface area contributed by atoms with Gasteiger partial charge in [0.05, 0.1) is 43.4 Å². The zero-order chi connectivity index (χ0) is 21.8. The van der Waals surface area contributed by atoms with E-state index in [-0.39, 0.29) is 36.9 Å². The number of esters is 1. The van der Waals surface area contributed by atoms with Crippen molar-refractivity contribution in [2.45, 2.75) is 0 Å². The second-order valence-electron chi connectivity index (χ2n) is 6.86. The summed E-state index contributed by atoms with van der Waals surface area (Å²) in [6, 6.07) is 17.1. The molecule has 0 bridgehead atoms. The highest BCUT2D eigenvalue weighted by molar-refractivity contribution is 6.08. The normalized spacial score (nSPS) is 13.6. The third-order valence-electron chi connectivity index (χ3n) is 4.95. The van der Waals surface area contributed by atoms with Crippen LogP contribution in [-0.4, -0.2) is 63.7 Å². The number of carbonyl (C=O) groups is 2. The molecule has 1 aromatic heterocycles. The summed E-state index contributed by atoms with van der Waals surface area (Å²) in [4.78, 5) is 26.2. The van der Waals surface area contributed by atoms with Gasteiger partial charge in [0.15, 0.2) is 0 Å². The minimum atomic E-state index is -0.581. The Morgan fingerprint density at radius 1 is 1.16 bits per heavy atom. The van der Waals surface area contributed by atoms with Crippen LogP contribution in [0.2, 0.25) is 0 Å². The minimum Gasteiger partial charge on any atom is -0.466 e. The number of aromatic nitrogens is 3. The van der Waals surface area contributed by atoms with Crippen LogP contribution < -0.4 is 5.32 Å². The molecule has 0 saturated carbocycles. The number of hydrogen-bond donors (Lipinski definition) is 2. The predicted octanol–water partition coefficient (Wildman–Crippen LogP) is 1.61. The van der Waals surface area contributed by atoms with Crippen LogP contribution in [0.1, 0.15) is 0 Å². The van der Waals surface area contributed by atoms with E-state index in [9.17, 15) is 9.59 Å². The fourth-order valence-electron chi connectivity index (χ4n) is 3.41. The summed E-state index contributed by atoms with van der Waals surface area (Å²) in [6.07, 6.45) is 1.70. The number of hydrogen-bond acceptors (Lipinski definition) is 7. The first-order chi connectivity index (χ1) is 15.1. The van der Waals surface area contributed by atoms with Crippen molar-refractivity contribution >= 4 is 17.6 Å². The Morgan fingerprint density at radius 3 is 2.58 bits per heavy atom. The average Bonchev–Trinajstić information content (AvgIpc) is 3.41. The van der Waals surface area contributed by atoms with Crippen LogP contribution in [-0.2, 0) is 14.3 Å². The molecule has 0 spiro atoms. The summed E-state index contributed by atoms with van der Waals surface area (Å²) >= 11 is 0. The first-order valence-electron chi connectivity index (χ1n) is 9.67. The number of aliphatic hydroxyl groups excluding tert-OH is 1. The Kier molecular flexibility index (Phi) is 5.76. The van der Waals surface area contributed by atoms with Crippen molar-refractivity contribution in [1.29, 1.82) is 0 Å². The number of rotatable bonds is 7. The summed E-state index contributed by atoms with van der Waals surface area (Å²) in [5, 5.41) is 20.4.